The van der Waals surface area contributed by atoms with Crippen LogP contribution in [0.15, 0.2) is 35.9 Å². The molecule has 204 valence electrons. The van der Waals surface area contributed by atoms with E-state index in [1.165, 1.54) is 34.6 Å². The van der Waals surface area contributed by atoms with E-state index in [1.807, 2.05) is 0 Å². The van der Waals surface area contributed by atoms with Crippen molar-refractivity contribution < 1.29 is 22.8 Å². The van der Waals surface area contributed by atoms with Gasteiger partial charge in [-0.15, -0.1) is 11.3 Å². The number of halogens is 2. The molecule has 10 nitrogen and oxygen atoms in total. The van der Waals surface area contributed by atoms with E-state index in [0.29, 0.717) is 40.7 Å². The number of nitrogens with one attached hydrogen (secondary N) is 2. The number of hydrogen-bond donors (Lipinski definition) is 2. The fourth-order valence-electron chi connectivity index (χ4n) is 4.51. The van der Waals surface area contributed by atoms with E-state index in [2.05, 4.69) is 15.0 Å². The first kappa shape index (κ1) is 28.5. The summed E-state index contributed by atoms with van der Waals surface area (Å²) >= 11 is 13.0. The molecule has 38 heavy (non-hydrogen) atoms. The van der Waals surface area contributed by atoms with Crippen LogP contribution >= 0.6 is 34.5 Å². The second-order valence-corrected chi connectivity index (χ2v) is 12.8. The standard InChI is InChI=1S/C24H27Cl2N5O5S2/c25-20-13-16(7-9-27-20)23(33)28-14-17-3-1-11-31(17)22(32)15-30-10-2-4-19(24(30)34)29-38(35,36)12-8-18-5-6-21(26)37-18/h5-9,12-13,17,19,29H,1-4,10-11,14-15H2,(H,28,33)/t17-,19+/m1/s1. The first-order chi connectivity index (χ1) is 18.1. The van der Waals surface area contributed by atoms with Crippen LogP contribution in [0, 0.1) is 0 Å². The van der Waals surface area contributed by atoms with Gasteiger partial charge in [-0.05, 0) is 56.0 Å². The summed E-state index contributed by atoms with van der Waals surface area (Å²) in [6.07, 6.45) is 5.28. The van der Waals surface area contributed by atoms with Gasteiger partial charge in [0.15, 0.2) is 0 Å². The number of piperidine rings is 1. The Morgan fingerprint density at radius 3 is 2.68 bits per heavy atom. The molecule has 2 aliphatic rings. The normalized spacial score (nSPS) is 20.3. The lowest BCUT2D eigenvalue weighted by Gasteiger charge is -2.34. The van der Waals surface area contributed by atoms with Crippen LogP contribution in [0.2, 0.25) is 9.49 Å². The third kappa shape index (κ3) is 7.54. The van der Waals surface area contributed by atoms with Crippen molar-refractivity contribution in [2.45, 2.75) is 37.8 Å². The SMILES string of the molecule is O=C(NC[C@H]1CCCN1C(=O)CN1CCC[C@H](NS(=O)(=O)C=Cc2ccc(Cl)s2)C1=O)c1ccnc(Cl)c1. The van der Waals surface area contributed by atoms with Crippen molar-refractivity contribution in [1.82, 2.24) is 24.8 Å². The number of thiophene rings is 1. The highest BCUT2D eigenvalue weighted by atomic mass is 35.5. The molecule has 0 spiro atoms. The van der Waals surface area contributed by atoms with Gasteiger partial charge in [-0.3, -0.25) is 14.4 Å². The van der Waals surface area contributed by atoms with E-state index in [4.69, 9.17) is 23.2 Å². The molecule has 2 aromatic heterocycles. The summed E-state index contributed by atoms with van der Waals surface area (Å²) < 4.78 is 28.0. The summed E-state index contributed by atoms with van der Waals surface area (Å²) in [5, 5.41) is 4.06. The molecule has 0 radical (unpaired) electrons. The Morgan fingerprint density at radius 2 is 1.95 bits per heavy atom. The third-order valence-electron chi connectivity index (χ3n) is 6.35. The summed E-state index contributed by atoms with van der Waals surface area (Å²) in [6.45, 7) is 1.01. The Kier molecular flexibility index (Phi) is 9.42. The molecule has 3 amide bonds. The van der Waals surface area contributed by atoms with Crippen LogP contribution in [0.25, 0.3) is 6.08 Å². The van der Waals surface area contributed by atoms with Crippen LogP contribution in [0.4, 0.5) is 0 Å². The molecule has 0 aliphatic carbocycles. The quantitative estimate of drug-likeness (QED) is 0.426. The van der Waals surface area contributed by atoms with Crippen molar-refractivity contribution in [1.29, 1.82) is 0 Å². The van der Waals surface area contributed by atoms with E-state index in [1.54, 1.807) is 23.1 Å². The number of sulfonamides is 1. The third-order valence-corrected chi connectivity index (χ3v) is 8.86. The van der Waals surface area contributed by atoms with Crippen LogP contribution in [-0.4, -0.2) is 79.2 Å². The first-order valence-electron chi connectivity index (χ1n) is 12.0. The minimum atomic E-state index is -3.88. The molecule has 2 aliphatic heterocycles. The van der Waals surface area contributed by atoms with E-state index in [9.17, 15) is 22.8 Å². The number of carbonyl (C=O) groups excluding carboxylic acids is 3. The van der Waals surface area contributed by atoms with Gasteiger partial charge in [-0.1, -0.05) is 23.2 Å². The zero-order valence-electron chi connectivity index (χ0n) is 20.3. The molecule has 0 unspecified atom stereocenters. The fraction of sp³-hybridized carbons (Fsp3) is 0.417. The molecule has 2 fully saturated rings. The molecule has 2 saturated heterocycles. The van der Waals surface area contributed by atoms with Crippen molar-refractivity contribution in [2.24, 2.45) is 0 Å². The zero-order chi connectivity index (χ0) is 27.3. The maximum Gasteiger partial charge on any atom is 0.251 e. The predicted molar refractivity (Wildman–Crippen MR) is 146 cm³/mol. The lowest BCUT2D eigenvalue weighted by molar-refractivity contribution is -0.143. The van der Waals surface area contributed by atoms with Crippen LogP contribution < -0.4 is 10.0 Å². The van der Waals surface area contributed by atoms with Crippen molar-refractivity contribution in [3.8, 4) is 0 Å². The number of nitrogens with zero attached hydrogens (tertiary/aromatic N) is 3. The number of aromatic nitrogens is 1. The van der Waals surface area contributed by atoms with Gasteiger partial charge in [0.05, 0.1) is 10.9 Å². The summed E-state index contributed by atoms with van der Waals surface area (Å²) in [7, 11) is -3.88. The van der Waals surface area contributed by atoms with E-state index in [-0.39, 0.29) is 36.1 Å². The van der Waals surface area contributed by atoms with Gasteiger partial charge >= 0.3 is 0 Å². The van der Waals surface area contributed by atoms with Crippen molar-refractivity contribution in [3.05, 3.63) is 55.8 Å². The monoisotopic (exact) mass is 599 g/mol. The van der Waals surface area contributed by atoms with Crippen molar-refractivity contribution in [2.75, 3.05) is 26.2 Å². The molecule has 2 atom stereocenters. The Hall–Kier alpha value is -2.51. The maximum absolute atomic E-state index is 13.1. The Labute approximate surface area is 235 Å². The number of likely N-dealkylation sites (tertiary alicyclic amines) is 2. The highest BCUT2D eigenvalue weighted by Crippen LogP contribution is 2.23. The van der Waals surface area contributed by atoms with Crippen molar-refractivity contribution >= 4 is 68.4 Å². The molecule has 2 N–H and O–H groups in total. The minimum absolute atomic E-state index is 0.148. The number of pyridine rings is 1. The Bertz CT molecular complexity index is 1330. The highest BCUT2D eigenvalue weighted by Gasteiger charge is 2.35. The topological polar surface area (TPSA) is 129 Å². The number of carbonyl (C=O) groups is 3. The largest absolute Gasteiger partial charge is 0.350 e. The van der Waals surface area contributed by atoms with Gasteiger partial charge < -0.3 is 15.1 Å². The summed E-state index contributed by atoms with van der Waals surface area (Å²) in [6, 6.07) is 5.24. The Balaban J connectivity index is 1.31. The molecule has 14 heteroatoms. The van der Waals surface area contributed by atoms with Crippen LogP contribution in [0.3, 0.4) is 0 Å². The van der Waals surface area contributed by atoms with Gasteiger partial charge in [-0.2, -0.15) is 4.72 Å². The molecular formula is C24H27Cl2N5O5S2. The summed E-state index contributed by atoms with van der Waals surface area (Å²) in [5.41, 5.74) is 0.377. The van der Waals surface area contributed by atoms with E-state index >= 15 is 0 Å². The fourth-order valence-corrected chi connectivity index (χ4v) is 6.75. The van der Waals surface area contributed by atoms with Gasteiger partial charge in [0, 0.05) is 47.7 Å². The average Bonchev–Trinajstić information content (AvgIpc) is 3.52. The van der Waals surface area contributed by atoms with E-state index < -0.39 is 22.0 Å². The van der Waals surface area contributed by atoms with Gasteiger partial charge in [0.25, 0.3) is 5.91 Å². The lowest BCUT2D eigenvalue weighted by Crippen LogP contribution is -2.55. The summed E-state index contributed by atoms with van der Waals surface area (Å²) in [5.74, 6) is -0.981. The molecule has 4 rings (SSSR count). The van der Waals surface area contributed by atoms with Gasteiger partial charge in [-0.25, -0.2) is 13.4 Å². The first-order valence-corrected chi connectivity index (χ1v) is 15.2. The van der Waals surface area contributed by atoms with E-state index in [0.717, 1.165) is 18.2 Å². The van der Waals surface area contributed by atoms with Gasteiger partial charge in [0.1, 0.15) is 11.2 Å². The number of rotatable bonds is 9. The molecule has 0 saturated carbocycles. The average molecular weight is 601 g/mol. The second-order valence-electron chi connectivity index (χ2n) is 9.02. The molecule has 0 bridgehead atoms. The van der Waals surface area contributed by atoms with Crippen LogP contribution in [-0.2, 0) is 19.6 Å². The lowest BCUT2D eigenvalue weighted by atomic mass is 10.1. The van der Waals surface area contributed by atoms with Crippen LogP contribution in [0.5, 0.6) is 0 Å². The number of hydrogen-bond acceptors (Lipinski definition) is 7. The second kappa shape index (κ2) is 12.6. The minimum Gasteiger partial charge on any atom is -0.350 e. The predicted octanol–water partition coefficient (Wildman–Crippen LogP) is 2.75. The summed E-state index contributed by atoms with van der Waals surface area (Å²) in [4.78, 5) is 46.2. The molecule has 0 aromatic carbocycles. The van der Waals surface area contributed by atoms with Crippen LogP contribution in [0.1, 0.15) is 40.9 Å². The molecular weight excluding hydrogens is 573 g/mol. The molecule has 2 aromatic rings. The molecule has 4 heterocycles. The van der Waals surface area contributed by atoms with Crippen molar-refractivity contribution in [3.63, 3.8) is 0 Å². The Morgan fingerprint density at radius 1 is 1.16 bits per heavy atom. The van der Waals surface area contributed by atoms with Gasteiger partial charge in [0.2, 0.25) is 21.8 Å². The maximum atomic E-state index is 13.1. The highest BCUT2D eigenvalue weighted by molar-refractivity contribution is 7.92. The smallest absolute Gasteiger partial charge is 0.251 e. The number of amides is 3. The zero-order valence-corrected chi connectivity index (χ0v) is 23.5.